The predicted molar refractivity (Wildman–Crippen MR) is 50.4 cm³/mol. The third-order valence-corrected chi connectivity index (χ3v) is 2.28. The fourth-order valence-corrected chi connectivity index (χ4v) is 1.60. The van der Waals surface area contributed by atoms with E-state index in [1.165, 1.54) is 12.8 Å². The SMILES string of the molecule is C=C[C@H]1CC=CC[C@@H]1/C=C/C. The Balaban J connectivity index is 2.60. The highest BCUT2D eigenvalue weighted by Crippen LogP contribution is 2.27. The van der Waals surface area contributed by atoms with E-state index >= 15 is 0 Å². The minimum Gasteiger partial charge on any atom is -0.103 e. The Kier molecular flexibility index (Phi) is 3.15. The molecule has 0 radical (unpaired) electrons. The van der Waals surface area contributed by atoms with Crippen molar-refractivity contribution in [1.82, 2.24) is 0 Å². The second-order valence-corrected chi connectivity index (χ2v) is 3.03. The number of allylic oxidation sites excluding steroid dienone is 5. The Hall–Kier alpha value is -0.780. The molecule has 0 heterocycles. The second kappa shape index (κ2) is 4.17. The Labute approximate surface area is 69.3 Å². The van der Waals surface area contributed by atoms with Crippen LogP contribution in [0.5, 0.6) is 0 Å². The number of rotatable bonds is 2. The van der Waals surface area contributed by atoms with Gasteiger partial charge in [-0.25, -0.2) is 0 Å². The molecule has 0 aromatic rings. The molecule has 0 aliphatic heterocycles. The van der Waals surface area contributed by atoms with Crippen molar-refractivity contribution in [2.45, 2.75) is 19.8 Å². The Bertz CT molecular complexity index is 174. The lowest BCUT2D eigenvalue weighted by molar-refractivity contribution is 0.465. The summed E-state index contributed by atoms with van der Waals surface area (Å²) in [7, 11) is 0. The predicted octanol–water partition coefficient (Wildman–Crippen LogP) is 3.33. The van der Waals surface area contributed by atoms with Crippen LogP contribution < -0.4 is 0 Å². The van der Waals surface area contributed by atoms with Gasteiger partial charge in [-0.1, -0.05) is 30.4 Å². The molecule has 0 saturated heterocycles. The molecule has 0 saturated carbocycles. The molecule has 2 atom stereocenters. The topological polar surface area (TPSA) is 0 Å². The minimum absolute atomic E-state index is 0.663. The zero-order valence-electron chi connectivity index (χ0n) is 7.16. The Morgan fingerprint density at radius 1 is 1.27 bits per heavy atom. The van der Waals surface area contributed by atoms with E-state index in [0.717, 1.165) is 0 Å². The smallest absolute Gasteiger partial charge is 0.0133 e. The second-order valence-electron chi connectivity index (χ2n) is 3.03. The van der Waals surface area contributed by atoms with Crippen LogP contribution in [0.15, 0.2) is 37.0 Å². The van der Waals surface area contributed by atoms with Gasteiger partial charge in [0.25, 0.3) is 0 Å². The van der Waals surface area contributed by atoms with Gasteiger partial charge < -0.3 is 0 Å². The summed E-state index contributed by atoms with van der Waals surface area (Å²) in [5.74, 6) is 1.36. The summed E-state index contributed by atoms with van der Waals surface area (Å²) in [4.78, 5) is 0. The number of hydrogen-bond donors (Lipinski definition) is 0. The van der Waals surface area contributed by atoms with Crippen molar-refractivity contribution < 1.29 is 0 Å². The van der Waals surface area contributed by atoms with Crippen LogP contribution in [0.3, 0.4) is 0 Å². The fraction of sp³-hybridized carbons (Fsp3) is 0.455. The molecular formula is C11H16. The van der Waals surface area contributed by atoms with E-state index in [4.69, 9.17) is 0 Å². The van der Waals surface area contributed by atoms with Gasteiger partial charge in [0.15, 0.2) is 0 Å². The molecule has 1 rings (SSSR count). The van der Waals surface area contributed by atoms with Crippen LogP contribution in [0, 0.1) is 11.8 Å². The molecule has 0 N–H and O–H groups in total. The van der Waals surface area contributed by atoms with E-state index in [2.05, 4.69) is 43.9 Å². The van der Waals surface area contributed by atoms with E-state index in [1.807, 2.05) is 0 Å². The molecule has 1 aliphatic carbocycles. The van der Waals surface area contributed by atoms with Gasteiger partial charge in [0.1, 0.15) is 0 Å². The maximum atomic E-state index is 3.85. The molecule has 0 nitrogen and oxygen atoms in total. The maximum Gasteiger partial charge on any atom is -0.0133 e. The average molecular weight is 148 g/mol. The molecule has 0 aromatic heterocycles. The molecule has 60 valence electrons. The highest BCUT2D eigenvalue weighted by molar-refractivity contribution is 5.06. The summed E-state index contributed by atoms with van der Waals surface area (Å²) in [6.07, 6.45) is 13.4. The van der Waals surface area contributed by atoms with Gasteiger partial charge in [0.2, 0.25) is 0 Å². The van der Waals surface area contributed by atoms with Crippen LogP contribution in [-0.4, -0.2) is 0 Å². The number of hydrogen-bond acceptors (Lipinski definition) is 0. The first-order valence-corrected chi connectivity index (χ1v) is 4.29. The normalized spacial score (nSPS) is 31.0. The molecule has 0 bridgehead atoms. The van der Waals surface area contributed by atoms with Crippen LogP contribution in [0.4, 0.5) is 0 Å². The zero-order chi connectivity index (χ0) is 8.10. The molecule has 11 heavy (non-hydrogen) atoms. The standard InChI is InChI=1S/C11H16/c1-3-7-11-9-6-5-8-10(11)4-2/h3-7,10-11H,2,8-9H2,1H3/b7-3+/t10-,11-/m0/s1. The average Bonchev–Trinajstić information content (AvgIpc) is 2.06. The summed E-state index contributed by atoms with van der Waals surface area (Å²) in [5.41, 5.74) is 0. The van der Waals surface area contributed by atoms with Crippen molar-refractivity contribution in [2.75, 3.05) is 0 Å². The fourth-order valence-electron chi connectivity index (χ4n) is 1.60. The monoisotopic (exact) mass is 148 g/mol. The van der Waals surface area contributed by atoms with Crippen LogP contribution >= 0.6 is 0 Å². The molecule has 0 amide bonds. The van der Waals surface area contributed by atoms with E-state index in [-0.39, 0.29) is 0 Å². The highest BCUT2D eigenvalue weighted by Gasteiger charge is 2.15. The molecule has 0 spiro atoms. The first-order valence-electron chi connectivity index (χ1n) is 4.29. The van der Waals surface area contributed by atoms with Crippen molar-refractivity contribution >= 4 is 0 Å². The largest absolute Gasteiger partial charge is 0.103 e. The van der Waals surface area contributed by atoms with E-state index in [1.54, 1.807) is 0 Å². The van der Waals surface area contributed by atoms with Gasteiger partial charge in [-0.05, 0) is 31.6 Å². The summed E-state index contributed by atoms with van der Waals surface area (Å²) in [6, 6.07) is 0. The highest BCUT2D eigenvalue weighted by atomic mass is 14.2. The summed E-state index contributed by atoms with van der Waals surface area (Å²) < 4.78 is 0. The zero-order valence-corrected chi connectivity index (χ0v) is 7.16. The third kappa shape index (κ3) is 2.07. The van der Waals surface area contributed by atoms with Gasteiger partial charge >= 0.3 is 0 Å². The van der Waals surface area contributed by atoms with Crippen molar-refractivity contribution in [3.8, 4) is 0 Å². The van der Waals surface area contributed by atoms with Gasteiger partial charge in [-0.3, -0.25) is 0 Å². The summed E-state index contributed by atoms with van der Waals surface area (Å²) in [6.45, 7) is 5.93. The molecule has 0 heteroatoms. The van der Waals surface area contributed by atoms with Crippen LogP contribution in [0.25, 0.3) is 0 Å². The van der Waals surface area contributed by atoms with E-state index in [0.29, 0.717) is 11.8 Å². The first-order chi connectivity index (χ1) is 5.38. The molecule has 0 fully saturated rings. The van der Waals surface area contributed by atoms with Crippen LogP contribution in [0.2, 0.25) is 0 Å². The summed E-state index contributed by atoms with van der Waals surface area (Å²) in [5, 5.41) is 0. The van der Waals surface area contributed by atoms with Gasteiger partial charge in [-0.2, -0.15) is 0 Å². The van der Waals surface area contributed by atoms with Crippen LogP contribution in [0.1, 0.15) is 19.8 Å². The molecule has 0 aromatic carbocycles. The van der Waals surface area contributed by atoms with E-state index < -0.39 is 0 Å². The van der Waals surface area contributed by atoms with Gasteiger partial charge in [0.05, 0.1) is 0 Å². The summed E-state index contributed by atoms with van der Waals surface area (Å²) >= 11 is 0. The van der Waals surface area contributed by atoms with Gasteiger partial charge in [-0.15, -0.1) is 6.58 Å². The van der Waals surface area contributed by atoms with Crippen molar-refractivity contribution in [3.05, 3.63) is 37.0 Å². The Morgan fingerprint density at radius 3 is 2.45 bits per heavy atom. The lowest BCUT2D eigenvalue weighted by Crippen LogP contribution is -2.11. The Morgan fingerprint density at radius 2 is 1.91 bits per heavy atom. The van der Waals surface area contributed by atoms with Crippen molar-refractivity contribution in [2.24, 2.45) is 11.8 Å². The van der Waals surface area contributed by atoms with E-state index in [9.17, 15) is 0 Å². The molecule has 0 unspecified atom stereocenters. The molecule has 1 aliphatic rings. The lowest BCUT2D eigenvalue weighted by Gasteiger charge is -2.22. The first kappa shape index (κ1) is 8.32. The molecular weight excluding hydrogens is 132 g/mol. The maximum absolute atomic E-state index is 3.85. The van der Waals surface area contributed by atoms with Crippen LogP contribution in [-0.2, 0) is 0 Å². The third-order valence-electron chi connectivity index (χ3n) is 2.28. The minimum atomic E-state index is 0.663. The lowest BCUT2D eigenvalue weighted by atomic mass is 9.83. The van der Waals surface area contributed by atoms with Crippen molar-refractivity contribution in [1.29, 1.82) is 0 Å². The van der Waals surface area contributed by atoms with Crippen molar-refractivity contribution in [3.63, 3.8) is 0 Å². The van der Waals surface area contributed by atoms with Gasteiger partial charge in [0, 0.05) is 0 Å². The quantitative estimate of drug-likeness (QED) is 0.527.